The molecule has 1 fully saturated rings. The Kier molecular flexibility index (Phi) is 4.97. The zero-order valence-electron chi connectivity index (χ0n) is 10.6. The molecule has 1 aromatic rings. The molecule has 0 atom stereocenters. The van der Waals surface area contributed by atoms with Crippen molar-refractivity contribution in [3.8, 4) is 0 Å². The van der Waals surface area contributed by atoms with Crippen LogP contribution in [-0.4, -0.2) is 36.9 Å². The molecule has 100 valence electrons. The number of hydrogen-bond acceptors (Lipinski definition) is 4. The van der Waals surface area contributed by atoms with E-state index in [1.165, 1.54) is 12.8 Å². The number of aliphatic hydroxyl groups excluding tert-OH is 1. The molecule has 4 nitrogen and oxygen atoms in total. The van der Waals surface area contributed by atoms with Crippen LogP contribution in [-0.2, 0) is 11.3 Å². The van der Waals surface area contributed by atoms with E-state index in [1.54, 1.807) is 6.20 Å². The van der Waals surface area contributed by atoms with Crippen LogP contribution >= 0.6 is 15.9 Å². The van der Waals surface area contributed by atoms with Gasteiger partial charge in [0, 0.05) is 36.4 Å². The average molecular weight is 315 g/mol. The van der Waals surface area contributed by atoms with Crippen molar-refractivity contribution in [3.05, 3.63) is 22.3 Å². The van der Waals surface area contributed by atoms with Crippen LogP contribution in [0, 0.1) is 5.92 Å². The highest BCUT2D eigenvalue weighted by atomic mass is 79.9. The normalized spacial score (nSPS) is 14.8. The summed E-state index contributed by atoms with van der Waals surface area (Å²) >= 11 is 3.36. The second-order valence-corrected chi connectivity index (χ2v) is 5.65. The molecule has 1 aromatic heterocycles. The predicted molar refractivity (Wildman–Crippen MR) is 74.7 cm³/mol. The monoisotopic (exact) mass is 314 g/mol. The van der Waals surface area contributed by atoms with Crippen LogP contribution in [0.3, 0.4) is 0 Å². The lowest BCUT2D eigenvalue weighted by molar-refractivity contribution is 0.130. The molecule has 0 unspecified atom stereocenters. The maximum Gasteiger partial charge on any atom is 0.133 e. The topological polar surface area (TPSA) is 45.6 Å². The molecule has 0 saturated heterocycles. The summed E-state index contributed by atoms with van der Waals surface area (Å²) in [6.07, 6.45) is 4.38. The molecule has 0 bridgehead atoms. The van der Waals surface area contributed by atoms with E-state index in [-0.39, 0.29) is 6.61 Å². The van der Waals surface area contributed by atoms with E-state index >= 15 is 0 Å². The van der Waals surface area contributed by atoms with Gasteiger partial charge < -0.3 is 14.7 Å². The number of ether oxygens (including phenoxy) is 1. The van der Waals surface area contributed by atoms with Crippen molar-refractivity contribution in [1.29, 1.82) is 0 Å². The fourth-order valence-corrected chi connectivity index (χ4v) is 2.15. The first-order valence-corrected chi connectivity index (χ1v) is 7.04. The third-order valence-electron chi connectivity index (χ3n) is 3.06. The van der Waals surface area contributed by atoms with Crippen molar-refractivity contribution in [1.82, 2.24) is 4.98 Å². The molecular weight excluding hydrogens is 296 g/mol. The van der Waals surface area contributed by atoms with Gasteiger partial charge in [-0.05, 0) is 40.8 Å². The summed E-state index contributed by atoms with van der Waals surface area (Å²) in [5, 5.41) is 9.33. The predicted octanol–water partition coefficient (Wildman–Crippen LogP) is 2.20. The molecule has 1 N–H and O–H groups in total. The van der Waals surface area contributed by atoms with Gasteiger partial charge in [-0.15, -0.1) is 0 Å². The molecule has 18 heavy (non-hydrogen) atoms. The highest BCUT2D eigenvalue weighted by molar-refractivity contribution is 9.10. The van der Waals surface area contributed by atoms with Crippen LogP contribution in [0.2, 0.25) is 0 Å². The van der Waals surface area contributed by atoms with Gasteiger partial charge in [-0.3, -0.25) is 0 Å². The van der Waals surface area contributed by atoms with Gasteiger partial charge in [0.05, 0.1) is 13.2 Å². The summed E-state index contributed by atoms with van der Waals surface area (Å²) < 4.78 is 6.49. The van der Waals surface area contributed by atoms with Gasteiger partial charge in [0.1, 0.15) is 5.82 Å². The number of anilines is 1. The average Bonchev–Trinajstić information content (AvgIpc) is 3.18. The molecule has 0 amide bonds. The van der Waals surface area contributed by atoms with E-state index in [2.05, 4.69) is 20.9 Å². The lowest BCUT2D eigenvalue weighted by atomic mass is 10.2. The van der Waals surface area contributed by atoms with E-state index < -0.39 is 0 Å². The highest BCUT2D eigenvalue weighted by Crippen LogP contribution is 2.28. The molecule has 5 heteroatoms. The molecular formula is C13H19BrN2O2. The first kappa shape index (κ1) is 13.8. The van der Waals surface area contributed by atoms with E-state index in [9.17, 15) is 5.11 Å². The molecule has 1 aliphatic rings. The van der Waals surface area contributed by atoms with Crippen LogP contribution in [0.5, 0.6) is 0 Å². The molecule has 1 aliphatic carbocycles. The Hall–Kier alpha value is -0.650. The molecule has 0 aliphatic heterocycles. The number of hydrogen-bond donors (Lipinski definition) is 1. The summed E-state index contributed by atoms with van der Waals surface area (Å²) in [6, 6.07) is 1.89. The van der Waals surface area contributed by atoms with Crippen LogP contribution in [0.15, 0.2) is 16.7 Å². The lowest BCUT2D eigenvalue weighted by Crippen LogP contribution is -2.25. The SMILES string of the molecule is CN(CCOCC1CC1)c1ncc(Br)cc1CO. The van der Waals surface area contributed by atoms with E-state index in [1.807, 2.05) is 18.0 Å². The Labute approximate surface area is 116 Å². The van der Waals surface area contributed by atoms with Crippen LogP contribution in [0.4, 0.5) is 5.82 Å². The maximum absolute atomic E-state index is 9.33. The number of nitrogens with zero attached hydrogens (tertiary/aromatic N) is 2. The number of likely N-dealkylation sites (N-methyl/N-ethyl adjacent to an activating group) is 1. The van der Waals surface area contributed by atoms with Gasteiger partial charge in [-0.1, -0.05) is 0 Å². The van der Waals surface area contributed by atoms with E-state index in [0.29, 0.717) is 6.61 Å². The first-order chi connectivity index (χ1) is 8.70. The molecule has 0 spiro atoms. The van der Waals surface area contributed by atoms with Gasteiger partial charge in [-0.2, -0.15) is 0 Å². The fraction of sp³-hybridized carbons (Fsp3) is 0.615. The quantitative estimate of drug-likeness (QED) is 0.784. The number of rotatable bonds is 7. The van der Waals surface area contributed by atoms with Crippen molar-refractivity contribution in [3.63, 3.8) is 0 Å². The first-order valence-electron chi connectivity index (χ1n) is 6.25. The van der Waals surface area contributed by atoms with E-state index in [0.717, 1.165) is 34.9 Å². The number of pyridine rings is 1. The van der Waals surface area contributed by atoms with Gasteiger partial charge in [0.25, 0.3) is 0 Å². The maximum atomic E-state index is 9.33. The van der Waals surface area contributed by atoms with E-state index in [4.69, 9.17) is 4.74 Å². The summed E-state index contributed by atoms with van der Waals surface area (Å²) in [4.78, 5) is 6.36. The summed E-state index contributed by atoms with van der Waals surface area (Å²) in [6.45, 7) is 2.37. The number of aromatic nitrogens is 1. The molecule has 0 radical (unpaired) electrons. The smallest absolute Gasteiger partial charge is 0.133 e. The zero-order valence-corrected chi connectivity index (χ0v) is 12.2. The Balaban J connectivity index is 1.84. The Bertz CT molecular complexity index is 397. The molecule has 2 rings (SSSR count). The second kappa shape index (κ2) is 6.50. The minimum absolute atomic E-state index is 0.00492. The van der Waals surface area contributed by atoms with Crippen molar-refractivity contribution >= 4 is 21.7 Å². The van der Waals surface area contributed by atoms with Crippen molar-refractivity contribution < 1.29 is 9.84 Å². The van der Waals surface area contributed by atoms with Crippen molar-refractivity contribution in [2.45, 2.75) is 19.4 Å². The molecule has 1 saturated carbocycles. The Morgan fingerprint density at radius 2 is 2.33 bits per heavy atom. The third kappa shape index (κ3) is 3.93. The zero-order chi connectivity index (χ0) is 13.0. The van der Waals surface area contributed by atoms with Gasteiger partial charge in [-0.25, -0.2) is 4.98 Å². The minimum atomic E-state index is -0.00492. The largest absolute Gasteiger partial charge is 0.392 e. The van der Waals surface area contributed by atoms with Crippen LogP contribution in [0.1, 0.15) is 18.4 Å². The number of aliphatic hydroxyl groups is 1. The van der Waals surface area contributed by atoms with Gasteiger partial charge in [0.15, 0.2) is 0 Å². The summed E-state index contributed by atoms with van der Waals surface area (Å²) in [7, 11) is 1.97. The second-order valence-electron chi connectivity index (χ2n) is 4.73. The van der Waals surface area contributed by atoms with Gasteiger partial charge in [0.2, 0.25) is 0 Å². The van der Waals surface area contributed by atoms with Crippen molar-refractivity contribution in [2.24, 2.45) is 5.92 Å². The Morgan fingerprint density at radius 1 is 1.56 bits per heavy atom. The number of halogens is 1. The summed E-state index contributed by atoms with van der Waals surface area (Å²) in [5.74, 6) is 1.62. The van der Waals surface area contributed by atoms with Crippen molar-refractivity contribution in [2.75, 3.05) is 31.7 Å². The summed E-state index contributed by atoms with van der Waals surface area (Å²) in [5.41, 5.74) is 0.828. The van der Waals surface area contributed by atoms with Crippen LogP contribution in [0.25, 0.3) is 0 Å². The van der Waals surface area contributed by atoms with Gasteiger partial charge >= 0.3 is 0 Å². The van der Waals surface area contributed by atoms with Crippen LogP contribution < -0.4 is 4.90 Å². The molecule has 0 aromatic carbocycles. The lowest BCUT2D eigenvalue weighted by Gasteiger charge is -2.20. The highest BCUT2D eigenvalue weighted by Gasteiger charge is 2.21. The third-order valence-corrected chi connectivity index (χ3v) is 3.50. The standard InChI is InChI=1S/C13H19BrN2O2/c1-16(4-5-18-9-10-2-3-10)13-11(8-17)6-12(14)7-15-13/h6-7,10,17H,2-5,8-9H2,1H3. The Morgan fingerprint density at radius 3 is 3.00 bits per heavy atom. The minimum Gasteiger partial charge on any atom is -0.392 e. The molecule has 1 heterocycles. The fourth-order valence-electron chi connectivity index (χ4n) is 1.78.